The highest BCUT2D eigenvalue weighted by atomic mass is 19.1. The zero-order valence-corrected chi connectivity index (χ0v) is 17.2. The molecule has 2 fully saturated rings. The molecule has 0 spiro atoms. The molecule has 2 aliphatic carbocycles. The molecule has 1 aromatic carbocycles. The van der Waals surface area contributed by atoms with Crippen molar-refractivity contribution in [2.75, 3.05) is 26.2 Å². The Morgan fingerprint density at radius 2 is 2.03 bits per heavy atom. The Bertz CT molecular complexity index is 805. The Balaban J connectivity index is 0.00000256. The van der Waals surface area contributed by atoms with Crippen molar-refractivity contribution in [2.24, 2.45) is 23.7 Å². The van der Waals surface area contributed by atoms with Crippen LogP contribution in [0.1, 0.15) is 26.8 Å². The molecular weight excluding hydrogens is 363 g/mol. The minimum atomic E-state index is -0.167. The van der Waals surface area contributed by atoms with Crippen molar-refractivity contribution in [3.05, 3.63) is 71.6 Å². The molecule has 29 heavy (non-hydrogen) atoms. The summed E-state index contributed by atoms with van der Waals surface area (Å²) in [6.45, 7) is 6.35. The van der Waals surface area contributed by atoms with Crippen LogP contribution in [0.4, 0.5) is 4.39 Å². The molecule has 1 saturated carbocycles. The first-order valence-electron chi connectivity index (χ1n) is 10.9. The Morgan fingerprint density at radius 3 is 2.76 bits per heavy atom. The molecule has 156 valence electrons. The van der Waals surface area contributed by atoms with Crippen LogP contribution in [0.15, 0.2) is 60.2 Å². The first-order chi connectivity index (χ1) is 14.1. The van der Waals surface area contributed by atoms with Crippen molar-refractivity contribution < 1.29 is 10.6 Å². The highest BCUT2D eigenvalue weighted by Gasteiger charge is 2.54. The Labute approximate surface area is 174 Å². The molecule has 4 rings (SSSR count). The fourth-order valence-electron chi connectivity index (χ4n) is 4.86. The Hall–Kier alpha value is -2.20. The van der Waals surface area contributed by atoms with Crippen LogP contribution in [0.2, 0.25) is 0 Å². The van der Waals surface area contributed by atoms with E-state index < -0.39 is 0 Å². The summed E-state index contributed by atoms with van der Waals surface area (Å²) >= 11 is 0. The molecule has 4 heteroatoms. The number of likely N-dealkylation sites (tertiary alicyclic amines) is 1. The zero-order valence-electron chi connectivity index (χ0n) is 17.2. The van der Waals surface area contributed by atoms with Gasteiger partial charge in [0, 0.05) is 33.7 Å². The van der Waals surface area contributed by atoms with Gasteiger partial charge in [0.15, 0.2) is 0 Å². The lowest BCUT2D eigenvalue weighted by molar-refractivity contribution is -0.116. The van der Waals surface area contributed by atoms with E-state index in [-0.39, 0.29) is 13.2 Å². The van der Waals surface area contributed by atoms with Crippen LogP contribution >= 0.6 is 0 Å². The molecule has 0 aromatic heterocycles. The summed E-state index contributed by atoms with van der Waals surface area (Å²) in [5.41, 5.74) is 2.42. The maximum absolute atomic E-state index is 13.0. The van der Waals surface area contributed by atoms with E-state index in [1.54, 1.807) is 18.2 Å². The molecule has 1 heterocycles. The van der Waals surface area contributed by atoms with Gasteiger partial charge in [-0.05, 0) is 66.2 Å². The summed E-state index contributed by atoms with van der Waals surface area (Å²) < 4.78 is 13.0. The van der Waals surface area contributed by atoms with Crippen LogP contribution in [0.5, 0.6) is 0 Å². The van der Waals surface area contributed by atoms with Crippen molar-refractivity contribution in [1.82, 2.24) is 10.2 Å². The molecular formula is C25H33FN2O. The van der Waals surface area contributed by atoms with Crippen LogP contribution in [-0.2, 0) is 11.2 Å². The number of benzene rings is 1. The van der Waals surface area contributed by atoms with Crippen molar-refractivity contribution in [1.29, 1.82) is 0 Å². The van der Waals surface area contributed by atoms with Crippen molar-refractivity contribution in [3.8, 4) is 0 Å². The van der Waals surface area contributed by atoms with E-state index in [1.807, 2.05) is 18.2 Å². The highest BCUT2D eigenvalue weighted by molar-refractivity contribution is 5.87. The van der Waals surface area contributed by atoms with Crippen LogP contribution in [-0.4, -0.2) is 37.0 Å². The number of allylic oxidation sites excluding steroid dienone is 5. The van der Waals surface area contributed by atoms with E-state index in [2.05, 4.69) is 35.4 Å². The minimum absolute atomic E-state index is 0. The number of nitrogens with one attached hydrogen (secondary N) is 1. The summed E-state index contributed by atoms with van der Waals surface area (Å²) in [6, 6.07) is 6.85. The number of carbonyl (C=O) groups excluding carboxylic acids is 1. The number of nitrogens with zero attached hydrogens (tertiary/aromatic N) is 1. The lowest BCUT2D eigenvalue weighted by atomic mass is 9.93. The normalized spacial score (nSPS) is 28.4. The van der Waals surface area contributed by atoms with Gasteiger partial charge in [-0.1, -0.05) is 43.4 Å². The molecule has 1 saturated heterocycles. The van der Waals surface area contributed by atoms with Gasteiger partial charge >= 0.3 is 0 Å². The first-order valence-corrected chi connectivity index (χ1v) is 10.9. The topological polar surface area (TPSA) is 32.3 Å². The van der Waals surface area contributed by atoms with Crippen molar-refractivity contribution in [3.63, 3.8) is 0 Å². The first kappa shape index (κ1) is 20.1. The lowest BCUT2D eigenvalue weighted by Gasteiger charge is -2.19. The van der Waals surface area contributed by atoms with E-state index in [9.17, 15) is 9.18 Å². The molecule has 3 aliphatic rings. The van der Waals surface area contributed by atoms with Gasteiger partial charge in [-0.2, -0.15) is 0 Å². The number of hydrogen-bond donors (Lipinski definition) is 1. The molecule has 3 nitrogen and oxygen atoms in total. The monoisotopic (exact) mass is 396 g/mol. The molecule has 1 N–H and O–H groups in total. The molecule has 1 aliphatic heterocycles. The second-order valence-electron chi connectivity index (χ2n) is 8.77. The van der Waals surface area contributed by atoms with Crippen molar-refractivity contribution in [2.45, 2.75) is 26.2 Å². The summed E-state index contributed by atoms with van der Waals surface area (Å²) in [5.74, 6) is 2.71. The highest BCUT2D eigenvalue weighted by Crippen LogP contribution is 2.53. The SMILES string of the molecule is CC1CC=CC=C1/C=C/C(=O)NCCC1[C@H]2CN(CCc3ccc(F)cc3)C[C@@H]12.[HH]. The number of amides is 1. The van der Waals surface area contributed by atoms with Crippen LogP contribution in [0, 0.1) is 29.5 Å². The maximum atomic E-state index is 13.0. The van der Waals surface area contributed by atoms with Gasteiger partial charge in [-0.3, -0.25) is 4.79 Å². The number of piperidine rings is 1. The van der Waals surface area contributed by atoms with Gasteiger partial charge in [0.25, 0.3) is 0 Å². The van der Waals surface area contributed by atoms with E-state index in [0.717, 1.165) is 50.1 Å². The Morgan fingerprint density at radius 1 is 1.28 bits per heavy atom. The number of fused-ring (bicyclic) bond motifs is 1. The number of carbonyl (C=O) groups is 1. The predicted molar refractivity (Wildman–Crippen MR) is 117 cm³/mol. The average Bonchev–Trinajstić information content (AvgIpc) is 3.17. The van der Waals surface area contributed by atoms with Gasteiger partial charge in [0.05, 0.1) is 0 Å². The summed E-state index contributed by atoms with van der Waals surface area (Å²) in [5, 5.41) is 3.04. The van der Waals surface area contributed by atoms with Crippen molar-refractivity contribution >= 4 is 5.91 Å². The summed E-state index contributed by atoms with van der Waals surface area (Å²) in [4.78, 5) is 14.6. The van der Waals surface area contributed by atoms with Gasteiger partial charge in [0.2, 0.25) is 5.91 Å². The fourth-order valence-corrected chi connectivity index (χ4v) is 4.86. The molecule has 1 amide bonds. The largest absolute Gasteiger partial charge is 0.353 e. The maximum Gasteiger partial charge on any atom is 0.243 e. The number of hydrogen-bond acceptors (Lipinski definition) is 2. The molecule has 2 unspecified atom stereocenters. The van der Waals surface area contributed by atoms with Crippen LogP contribution in [0.25, 0.3) is 0 Å². The standard InChI is InChI=1S/C25H31FN2O.H2/c1-18-4-2-3-5-20(18)8-11-25(29)27-14-12-22-23-16-28(17-24(22)23)15-13-19-6-9-21(26)10-7-19;/h2-3,5-11,18,22-24H,4,12-17H2,1H3,(H,27,29);1H/b11-8+;/t18?,22?,23-,24+;. The summed E-state index contributed by atoms with van der Waals surface area (Å²) in [6.07, 6.45) is 13.1. The van der Waals surface area contributed by atoms with E-state index in [1.165, 1.54) is 24.2 Å². The lowest BCUT2D eigenvalue weighted by Crippen LogP contribution is -2.28. The third kappa shape index (κ3) is 5.24. The van der Waals surface area contributed by atoms with E-state index in [0.29, 0.717) is 5.92 Å². The second-order valence-corrected chi connectivity index (χ2v) is 8.77. The zero-order chi connectivity index (χ0) is 20.2. The number of halogens is 1. The van der Waals surface area contributed by atoms with Gasteiger partial charge in [-0.15, -0.1) is 0 Å². The van der Waals surface area contributed by atoms with Gasteiger partial charge in [-0.25, -0.2) is 4.39 Å². The second kappa shape index (κ2) is 9.08. The van der Waals surface area contributed by atoms with E-state index in [4.69, 9.17) is 0 Å². The third-order valence-electron chi connectivity index (χ3n) is 6.76. The Kier molecular flexibility index (Phi) is 6.29. The summed E-state index contributed by atoms with van der Waals surface area (Å²) in [7, 11) is 0. The smallest absolute Gasteiger partial charge is 0.243 e. The third-order valence-corrected chi connectivity index (χ3v) is 6.76. The quantitative estimate of drug-likeness (QED) is 0.662. The minimum Gasteiger partial charge on any atom is -0.353 e. The van der Waals surface area contributed by atoms with Gasteiger partial charge in [0.1, 0.15) is 5.82 Å². The predicted octanol–water partition coefficient (Wildman–Crippen LogP) is 4.38. The van der Waals surface area contributed by atoms with Crippen LogP contribution in [0.3, 0.4) is 0 Å². The molecule has 0 bridgehead atoms. The molecule has 4 atom stereocenters. The fraction of sp³-hybridized carbons (Fsp3) is 0.480. The molecule has 1 aromatic rings. The molecule has 0 radical (unpaired) electrons. The number of rotatable bonds is 8. The van der Waals surface area contributed by atoms with Crippen LogP contribution < -0.4 is 5.32 Å². The van der Waals surface area contributed by atoms with E-state index >= 15 is 0 Å². The van der Waals surface area contributed by atoms with Gasteiger partial charge < -0.3 is 10.2 Å². The average molecular weight is 397 g/mol.